The Morgan fingerprint density at radius 2 is 1.38 bits per heavy atom. The molecule has 1 amide bonds. The van der Waals surface area contributed by atoms with E-state index < -0.39 is 0 Å². The van der Waals surface area contributed by atoms with Crippen LogP contribution in [0, 0.1) is 0 Å². The molecule has 4 nitrogen and oxygen atoms in total. The Morgan fingerprint density at radius 1 is 0.828 bits per heavy atom. The molecule has 144 valence electrons. The van der Waals surface area contributed by atoms with Gasteiger partial charge in [0, 0.05) is 23.1 Å². The fourth-order valence-electron chi connectivity index (χ4n) is 3.08. The molecule has 0 radical (unpaired) electrons. The van der Waals surface area contributed by atoms with Gasteiger partial charge in [-0.15, -0.1) is 5.10 Å². The van der Waals surface area contributed by atoms with E-state index in [4.69, 9.17) is 0 Å². The average molecular weight is 464 g/mol. The lowest BCUT2D eigenvalue weighted by Crippen LogP contribution is -2.30. The number of halogens is 1. The zero-order valence-electron chi connectivity index (χ0n) is 15.5. The minimum absolute atomic E-state index is 0.0642. The number of aromatic nitrogens is 2. The van der Waals surface area contributed by atoms with Crippen LogP contribution < -0.4 is 0 Å². The largest absolute Gasteiger partial charge is 0.329 e. The molecule has 0 atom stereocenters. The van der Waals surface area contributed by atoms with Gasteiger partial charge in [0.05, 0.1) is 0 Å². The van der Waals surface area contributed by atoms with Crippen molar-refractivity contribution in [2.45, 2.75) is 13.1 Å². The van der Waals surface area contributed by atoms with E-state index in [1.54, 1.807) is 0 Å². The van der Waals surface area contributed by atoms with Gasteiger partial charge >= 0.3 is 0 Å². The quantitative estimate of drug-likeness (QED) is 0.362. The van der Waals surface area contributed by atoms with Gasteiger partial charge in [-0.3, -0.25) is 4.79 Å². The van der Waals surface area contributed by atoms with Gasteiger partial charge in [0.25, 0.3) is 5.91 Å². The SMILES string of the molecule is O=C(c1snnc1-c1ccc(Br)cc1)N(Cc1ccccc1)Cc1ccccc1. The topological polar surface area (TPSA) is 46.1 Å². The second-order valence-electron chi connectivity index (χ2n) is 6.59. The summed E-state index contributed by atoms with van der Waals surface area (Å²) in [6.07, 6.45) is 0. The Morgan fingerprint density at radius 3 is 1.93 bits per heavy atom. The normalized spacial score (nSPS) is 10.7. The molecule has 1 heterocycles. The first-order chi connectivity index (χ1) is 14.2. The summed E-state index contributed by atoms with van der Waals surface area (Å²) in [5.41, 5.74) is 3.67. The van der Waals surface area contributed by atoms with Crippen LogP contribution in [0.1, 0.15) is 20.8 Å². The molecule has 4 aromatic rings. The third-order valence-electron chi connectivity index (χ3n) is 4.52. The maximum Gasteiger partial charge on any atom is 0.268 e. The monoisotopic (exact) mass is 463 g/mol. The Balaban J connectivity index is 1.66. The maximum atomic E-state index is 13.5. The summed E-state index contributed by atoms with van der Waals surface area (Å²) in [5, 5.41) is 4.24. The number of carbonyl (C=O) groups is 1. The summed E-state index contributed by atoms with van der Waals surface area (Å²) >= 11 is 4.59. The molecule has 0 unspecified atom stereocenters. The van der Waals surface area contributed by atoms with E-state index in [1.807, 2.05) is 89.8 Å². The molecular formula is C23H18BrN3OS. The average Bonchev–Trinajstić information content (AvgIpc) is 3.25. The van der Waals surface area contributed by atoms with Crippen molar-refractivity contribution in [3.05, 3.63) is 105 Å². The fourth-order valence-corrected chi connectivity index (χ4v) is 4.00. The second kappa shape index (κ2) is 9.11. The lowest BCUT2D eigenvalue weighted by molar-refractivity contribution is 0.0735. The van der Waals surface area contributed by atoms with Crippen LogP contribution in [-0.2, 0) is 13.1 Å². The number of rotatable bonds is 6. The van der Waals surface area contributed by atoms with Crippen molar-refractivity contribution in [2.75, 3.05) is 0 Å². The summed E-state index contributed by atoms with van der Waals surface area (Å²) in [4.78, 5) is 15.9. The highest BCUT2D eigenvalue weighted by molar-refractivity contribution is 9.10. The van der Waals surface area contributed by atoms with Crippen LogP contribution in [0.3, 0.4) is 0 Å². The highest BCUT2D eigenvalue weighted by Gasteiger charge is 2.24. The van der Waals surface area contributed by atoms with Gasteiger partial charge in [-0.1, -0.05) is 93.2 Å². The van der Waals surface area contributed by atoms with Gasteiger partial charge in [0.1, 0.15) is 10.6 Å². The molecule has 0 aliphatic carbocycles. The molecule has 0 saturated heterocycles. The minimum atomic E-state index is -0.0642. The molecule has 4 rings (SSSR count). The van der Waals surface area contributed by atoms with Crippen LogP contribution in [0.5, 0.6) is 0 Å². The van der Waals surface area contributed by atoms with Crippen LogP contribution in [0.25, 0.3) is 11.3 Å². The van der Waals surface area contributed by atoms with E-state index in [9.17, 15) is 4.79 Å². The molecule has 1 aromatic heterocycles. The summed E-state index contributed by atoms with van der Waals surface area (Å²) in [7, 11) is 0. The number of hydrogen-bond acceptors (Lipinski definition) is 4. The molecule has 0 fully saturated rings. The molecule has 29 heavy (non-hydrogen) atoms. The molecule has 0 saturated carbocycles. The first-order valence-corrected chi connectivity index (χ1v) is 10.7. The van der Waals surface area contributed by atoms with E-state index in [-0.39, 0.29) is 5.91 Å². The molecule has 0 aliphatic rings. The third kappa shape index (κ3) is 4.78. The van der Waals surface area contributed by atoms with Gasteiger partial charge in [0.2, 0.25) is 0 Å². The predicted molar refractivity (Wildman–Crippen MR) is 120 cm³/mol. The molecule has 0 aliphatic heterocycles. The van der Waals surface area contributed by atoms with Crippen molar-refractivity contribution in [3.8, 4) is 11.3 Å². The van der Waals surface area contributed by atoms with Gasteiger partial charge < -0.3 is 4.90 Å². The molecule has 3 aromatic carbocycles. The van der Waals surface area contributed by atoms with Crippen molar-refractivity contribution >= 4 is 33.4 Å². The Hall–Kier alpha value is -2.83. The van der Waals surface area contributed by atoms with Crippen LogP contribution in [-0.4, -0.2) is 20.4 Å². The van der Waals surface area contributed by atoms with Crippen LogP contribution in [0.15, 0.2) is 89.4 Å². The number of benzene rings is 3. The molecule has 0 bridgehead atoms. The summed E-state index contributed by atoms with van der Waals surface area (Å²) in [5.74, 6) is -0.0642. The Kier molecular flexibility index (Phi) is 6.12. The lowest BCUT2D eigenvalue weighted by atomic mass is 10.1. The van der Waals surface area contributed by atoms with Crippen molar-refractivity contribution < 1.29 is 4.79 Å². The van der Waals surface area contributed by atoms with Crippen LogP contribution in [0.2, 0.25) is 0 Å². The summed E-state index contributed by atoms with van der Waals surface area (Å²) in [6, 6.07) is 27.8. The van der Waals surface area contributed by atoms with Crippen molar-refractivity contribution in [2.24, 2.45) is 0 Å². The number of carbonyl (C=O) groups excluding carboxylic acids is 1. The molecule has 0 spiro atoms. The van der Waals surface area contributed by atoms with Gasteiger partial charge in [0.15, 0.2) is 0 Å². The van der Waals surface area contributed by atoms with Gasteiger partial charge in [-0.05, 0) is 34.8 Å². The lowest BCUT2D eigenvalue weighted by Gasteiger charge is -2.22. The highest BCUT2D eigenvalue weighted by Crippen LogP contribution is 2.27. The van der Waals surface area contributed by atoms with E-state index >= 15 is 0 Å². The maximum absolute atomic E-state index is 13.5. The first kappa shape index (κ1) is 19.5. The number of nitrogens with zero attached hydrogens (tertiary/aromatic N) is 3. The second-order valence-corrected chi connectivity index (χ2v) is 8.26. The number of hydrogen-bond donors (Lipinski definition) is 0. The standard InChI is InChI=1S/C23H18BrN3OS/c24-20-13-11-19(12-14-20)21-22(29-26-25-21)23(28)27(15-17-7-3-1-4-8-17)16-18-9-5-2-6-10-18/h1-14H,15-16H2. The van der Waals surface area contributed by atoms with Crippen LogP contribution in [0.4, 0.5) is 0 Å². The van der Waals surface area contributed by atoms with Crippen molar-refractivity contribution in [1.82, 2.24) is 14.5 Å². The first-order valence-electron chi connectivity index (χ1n) is 9.16. The predicted octanol–water partition coefficient (Wildman–Crippen LogP) is 5.81. The zero-order valence-corrected chi connectivity index (χ0v) is 17.9. The Bertz CT molecular complexity index is 1040. The third-order valence-corrected chi connectivity index (χ3v) is 5.76. The van der Waals surface area contributed by atoms with Crippen LogP contribution >= 0.6 is 27.5 Å². The highest BCUT2D eigenvalue weighted by atomic mass is 79.9. The van der Waals surface area contributed by atoms with E-state index in [2.05, 4.69) is 25.5 Å². The van der Waals surface area contributed by atoms with Crippen molar-refractivity contribution in [1.29, 1.82) is 0 Å². The number of amides is 1. The fraction of sp³-hybridized carbons (Fsp3) is 0.0870. The Labute approximate surface area is 182 Å². The molecule has 0 N–H and O–H groups in total. The minimum Gasteiger partial charge on any atom is -0.329 e. The van der Waals surface area contributed by atoms with Crippen molar-refractivity contribution in [3.63, 3.8) is 0 Å². The summed E-state index contributed by atoms with van der Waals surface area (Å²) in [6.45, 7) is 1.04. The van der Waals surface area contributed by atoms with E-state index in [0.29, 0.717) is 23.7 Å². The van der Waals surface area contributed by atoms with Gasteiger partial charge in [-0.25, -0.2) is 0 Å². The van der Waals surface area contributed by atoms with Gasteiger partial charge in [-0.2, -0.15) is 0 Å². The van der Waals surface area contributed by atoms with E-state index in [0.717, 1.165) is 32.7 Å². The van der Waals surface area contributed by atoms with E-state index in [1.165, 1.54) is 0 Å². The summed E-state index contributed by atoms with van der Waals surface area (Å²) < 4.78 is 5.05. The molecule has 6 heteroatoms. The molecular weight excluding hydrogens is 446 g/mol. The zero-order chi connectivity index (χ0) is 20.1. The smallest absolute Gasteiger partial charge is 0.268 e.